The van der Waals surface area contributed by atoms with Crippen LogP contribution < -0.4 is 10.0 Å². The number of halogens is 3. The summed E-state index contributed by atoms with van der Waals surface area (Å²) in [6, 6.07) is 3.48. The Hall–Kier alpha value is -1.12. The smallest absolute Gasteiger partial charge is 0.316 e. The minimum atomic E-state index is -4.47. The SMILES string of the molecule is O=S(=O)(NCC1CCNC1)c1ccc(C(F)(F)F)cc1. The van der Waals surface area contributed by atoms with Gasteiger partial charge in [-0.05, 0) is 49.7 Å². The van der Waals surface area contributed by atoms with E-state index < -0.39 is 21.8 Å². The highest BCUT2D eigenvalue weighted by molar-refractivity contribution is 7.89. The lowest BCUT2D eigenvalue weighted by Gasteiger charge is -2.12. The molecule has 1 unspecified atom stereocenters. The molecule has 0 aromatic heterocycles. The normalized spacial score (nSPS) is 20.2. The van der Waals surface area contributed by atoms with Gasteiger partial charge in [-0.3, -0.25) is 0 Å². The van der Waals surface area contributed by atoms with Gasteiger partial charge in [-0.25, -0.2) is 13.1 Å². The van der Waals surface area contributed by atoms with E-state index in [0.29, 0.717) is 0 Å². The zero-order valence-electron chi connectivity index (χ0n) is 10.6. The third kappa shape index (κ3) is 3.71. The topological polar surface area (TPSA) is 58.2 Å². The van der Waals surface area contributed by atoms with Crippen LogP contribution in [0.3, 0.4) is 0 Å². The van der Waals surface area contributed by atoms with Crippen LogP contribution >= 0.6 is 0 Å². The Morgan fingerprint density at radius 1 is 1.25 bits per heavy atom. The second-order valence-corrected chi connectivity index (χ2v) is 6.50. The largest absolute Gasteiger partial charge is 0.416 e. The van der Waals surface area contributed by atoms with Crippen LogP contribution in [-0.4, -0.2) is 28.1 Å². The molecule has 0 bridgehead atoms. The van der Waals surface area contributed by atoms with Crippen molar-refractivity contribution in [2.45, 2.75) is 17.5 Å². The maximum absolute atomic E-state index is 12.4. The average Bonchev–Trinajstić information content (AvgIpc) is 2.89. The van der Waals surface area contributed by atoms with Gasteiger partial charge in [-0.1, -0.05) is 0 Å². The standard InChI is InChI=1S/C12H15F3N2O2S/c13-12(14,15)10-1-3-11(4-2-10)20(18,19)17-8-9-5-6-16-7-9/h1-4,9,16-17H,5-8H2. The van der Waals surface area contributed by atoms with E-state index >= 15 is 0 Å². The van der Waals surface area contributed by atoms with Crippen LogP contribution in [0, 0.1) is 5.92 Å². The molecule has 0 spiro atoms. The lowest BCUT2D eigenvalue weighted by atomic mass is 10.1. The van der Waals surface area contributed by atoms with Gasteiger partial charge in [0, 0.05) is 6.54 Å². The molecule has 2 N–H and O–H groups in total. The summed E-state index contributed by atoms with van der Waals surface area (Å²) in [7, 11) is -3.76. The second kappa shape index (κ2) is 5.71. The van der Waals surface area contributed by atoms with Crippen molar-refractivity contribution < 1.29 is 21.6 Å². The molecular formula is C12H15F3N2O2S. The summed E-state index contributed by atoms with van der Waals surface area (Å²) < 4.78 is 63.5. The van der Waals surface area contributed by atoms with E-state index in [9.17, 15) is 21.6 Å². The van der Waals surface area contributed by atoms with E-state index in [1.54, 1.807) is 0 Å². The van der Waals surface area contributed by atoms with E-state index in [1.165, 1.54) is 0 Å². The third-order valence-electron chi connectivity index (χ3n) is 3.22. The van der Waals surface area contributed by atoms with Crippen molar-refractivity contribution in [3.63, 3.8) is 0 Å². The number of alkyl halides is 3. The van der Waals surface area contributed by atoms with Crippen molar-refractivity contribution in [2.24, 2.45) is 5.92 Å². The molecular weight excluding hydrogens is 293 g/mol. The number of hydrogen-bond acceptors (Lipinski definition) is 3. The molecule has 112 valence electrons. The summed E-state index contributed by atoms with van der Waals surface area (Å²) in [5, 5.41) is 3.11. The molecule has 0 aliphatic carbocycles. The fourth-order valence-electron chi connectivity index (χ4n) is 2.02. The lowest BCUT2D eigenvalue weighted by molar-refractivity contribution is -0.137. The van der Waals surface area contributed by atoms with Crippen LogP contribution in [-0.2, 0) is 16.2 Å². The zero-order chi connectivity index (χ0) is 14.8. The van der Waals surface area contributed by atoms with Gasteiger partial charge in [0.15, 0.2) is 0 Å². The maximum atomic E-state index is 12.4. The summed E-state index contributed by atoms with van der Waals surface area (Å²) in [6.45, 7) is 1.89. The Kier molecular flexibility index (Phi) is 4.36. The molecule has 1 aromatic carbocycles. The fourth-order valence-corrected chi connectivity index (χ4v) is 3.14. The van der Waals surface area contributed by atoms with Gasteiger partial charge >= 0.3 is 6.18 Å². The first-order chi connectivity index (χ1) is 9.29. The van der Waals surface area contributed by atoms with Gasteiger partial charge in [0.1, 0.15) is 0 Å². The van der Waals surface area contributed by atoms with E-state index in [-0.39, 0.29) is 17.4 Å². The highest BCUT2D eigenvalue weighted by atomic mass is 32.2. The molecule has 1 fully saturated rings. The number of hydrogen-bond donors (Lipinski definition) is 2. The quantitative estimate of drug-likeness (QED) is 0.888. The highest BCUT2D eigenvalue weighted by Gasteiger charge is 2.30. The van der Waals surface area contributed by atoms with Gasteiger partial charge in [0.2, 0.25) is 10.0 Å². The molecule has 8 heteroatoms. The second-order valence-electron chi connectivity index (χ2n) is 4.73. The van der Waals surface area contributed by atoms with Crippen molar-refractivity contribution in [3.05, 3.63) is 29.8 Å². The van der Waals surface area contributed by atoms with Crippen molar-refractivity contribution in [1.29, 1.82) is 0 Å². The lowest BCUT2D eigenvalue weighted by Crippen LogP contribution is -2.30. The molecule has 4 nitrogen and oxygen atoms in total. The molecule has 1 saturated heterocycles. The molecule has 0 radical (unpaired) electrons. The average molecular weight is 308 g/mol. The third-order valence-corrected chi connectivity index (χ3v) is 4.66. The number of rotatable bonds is 4. The van der Waals surface area contributed by atoms with E-state index in [2.05, 4.69) is 10.0 Å². The first-order valence-electron chi connectivity index (χ1n) is 6.17. The Labute approximate surface area is 115 Å². The molecule has 1 heterocycles. The van der Waals surface area contributed by atoms with Crippen molar-refractivity contribution in [2.75, 3.05) is 19.6 Å². The van der Waals surface area contributed by atoms with Gasteiger partial charge in [0.05, 0.1) is 10.5 Å². The molecule has 1 atom stereocenters. The van der Waals surface area contributed by atoms with Crippen molar-refractivity contribution in [1.82, 2.24) is 10.0 Å². The van der Waals surface area contributed by atoms with Crippen LogP contribution in [0.2, 0.25) is 0 Å². The summed E-state index contributed by atoms with van der Waals surface area (Å²) in [5.74, 6) is 0.222. The van der Waals surface area contributed by atoms with Crippen LogP contribution in [0.5, 0.6) is 0 Å². The van der Waals surface area contributed by atoms with Gasteiger partial charge in [0.25, 0.3) is 0 Å². The van der Waals surface area contributed by atoms with E-state index in [0.717, 1.165) is 43.8 Å². The van der Waals surface area contributed by atoms with Crippen LogP contribution in [0.4, 0.5) is 13.2 Å². The Morgan fingerprint density at radius 3 is 2.40 bits per heavy atom. The van der Waals surface area contributed by atoms with Gasteiger partial charge in [-0.15, -0.1) is 0 Å². The first kappa shape index (κ1) is 15.3. The molecule has 1 aromatic rings. The monoisotopic (exact) mass is 308 g/mol. The van der Waals surface area contributed by atoms with Crippen LogP contribution in [0.25, 0.3) is 0 Å². The van der Waals surface area contributed by atoms with Crippen LogP contribution in [0.1, 0.15) is 12.0 Å². The number of benzene rings is 1. The molecule has 2 rings (SSSR count). The Morgan fingerprint density at radius 2 is 1.90 bits per heavy atom. The predicted molar refractivity (Wildman–Crippen MR) is 67.6 cm³/mol. The van der Waals surface area contributed by atoms with Gasteiger partial charge in [-0.2, -0.15) is 13.2 Å². The molecule has 1 aliphatic rings. The van der Waals surface area contributed by atoms with Crippen molar-refractivity contribution >= 4 is 10.0 Å². The number of sulfonamides is 1. The minimum Gasteiger partial charge on any atom is -0.316 e. The van der Waals surface area contributed by atoms with Crippen LogP contribution in [0.15, 0.2) is 29.2 Å². The highest BCUT2D eigenvalue weighted by Crippen LogP contribution is 2.29. The summed E-state index contributed by atoms with van der Waals surface area (Å²) in [6.07, 6.45) is -3.58. The molecule has 20 heavy (non-hydrogen) atoms. The minimum absolute atomic E-state index is 0.156. The fraction of sp³-hybridized carbons (Fsp3) is 0.500. The zero-order valence-corrected chi connectivity index (χ0v) is 11.4. The maximum Gasteiger partial charge on any atom is 0.416 e. The summed E-state index contributed by atoms with van der Waals surface area (Å²) in [5.41, 5.74) is -0.864. The summed E-state index contributed by atoms with van der Waals surface area (Å²) >= 11 is 0. The number of nitrogens with one attached hydrogen (secondary N) is 2. The molecule has 0 saturated carbocycles. The van der Waals surface area contributed by atoms with E-state index in [4.69, 9.17) is 0 Å². The van der Waals surface area contributed by atoms with Gasteiger partial charge < -0.3 is 5.32 Å². The van der Waals surface area contributed by atoms with E-state index in [1.807, 2.05) is 0 Å². The molecule has 1 aliphatic heterocycles. The van der Waals surface area contributed by atoms with Crippen molar-refractivity contribution in [3.8, 4) is 0 Å². The predicted octanol–water partition coefficient (Wildman–Crippen LogP) is 1.59. The first-order valence-corrected chi connectivity index (χ1v) is 7.65. The molecule has 0 amide bonds. The summed E-state index contributed by atoms with van der Waals surface area (Å²) in [4.78, 5) is -0.156. The Balaban J connectivity index is 2.05. The Bertz CT molecular complexity index is 549.